The second kappa shape index (κ2) is 12.6. The van der Waals surface area contributed by atoms with Gasteiger partial charge in [-0.3, -0.25) is 14.4 Å². The molecule has 0 bridgehead atoms. The Bertz CT molecular complexity index is 1170. The first-order chi connectivity index (χ1) is 18.6. The van der Waals surface area contributed by atoms with Gasteiger partial charge in [0.2, 0.25) is 17.6 Å². The quantitative estimate of drug-likeness (QED) is 0.428. The van der Waals surface area contributed by atoms with Crippen LogP contribution >= 0.6 is 11.3 Å². The third-order valence-corrected chi connectivity index (χ3v) is 8.55. The monoisotopic (exact) mass is 554 g/mol. The van der Waals surface area contributed by atoms with E-state index in [1.54, 1.807) is 31.5 Å². The van der Waals surface area contributed by atoms with Crippen molar-refractivity contribution in [3.05, 3.63) is 45.9 Å². The van der Waals surface area contributed by atoms with Crippen LogP contribution in [0.4, 0.5) is 0 Å². The van der Waals surface area contributed by atoms with Gasteiger partial charge < -0.3 is 20.3 Å². The number of amides is 2. The Morgan fingerprint density at radius 2 is 1.85 bits per heavy atom. The van der Waals surface area contributed by atoms with Crippen molar-refractivity contribution in [1.82, 2.24) is 20.5 Å². The number of ketones is 1. The van der Waals surface area contributed by atoms with Crippen LogP contribution in [0, 0.1) is 5.92 Å². The highest BCUT2D eigenvalue weighted by Crippen LogP contribution is 2.36. The molecule has 39 heavy (non-hydrogen) atoms. The maximum Gasteiger partial charge on any atom is 0.246 e. The molecular weight excluding hydrogens is 512 g/mol. The van der Waals surface area contributed by atoms with E-state index in [1.807, 2.05) is 37.8 Å². The molecule has 1 aromatic carbocycles. The van der Waals surface area contributed by atoms with Crippen molar-refractivity contribution in [3.8, 4) is 5.75 Å². The zero-order valence-corrected chi connectivity index (χ0v) is 24.6. The molecule has 2 N–H and O–H groups in total. The van der Waals surface area contributed by atoms with Gasteiger partial charge in [-0.1, -0.05) is 31.4 Å². The molecule has 0 spiro atoms. The summed E-state index contributed by atoms with van der Waals surface area (Å²) in [5.74, 6) is 0.422. The summed E-state index contributed by atoms with van der Waals surface area (Å²) in [4.78, 5) is 46.7. The van der Waals surface area contributed by atoms with Crippen LogP contribution in [0.5, 0.6) is 5.75 Å². The number of likely N-dealkylation sites (tertiary alicyclic amines) is 1. The minimum Gasteiger partial charge on any atom is -0.488 e. The van der Waals surface area contributed by atoms with Gasteiger partial charge >= 0.3 is 0 Å². The minimum absolute atomic E-state index is 0.0313. The highest BCUT2D eigenvalue weighted by molar-refractivity contribution is 7.10. The molecule has 1 aromatic heterocycles. The second-order valence-electron chi connectivity index (χ2n) is 11.7. The number of hydrogen-bond donors (Lipinski definition) is 2. The van der Waals surface area contributed by atoms with Crippen LogP contribution in [-0.4, -0.2) is 58.8 Å². The average Bonchev–Trinajstić information content (AvgIpc) is 3.60. The number of benzene rings is 1. The van der Waals surface area contributed by atoms with E-state index in [0.717, 1.165) is 43.5 Å². The fraction of sp³-hybridized carbons (Fsp3) is 0.600. The maximum atomic E-state index is 14.0. The van der Waals surface area contributed by atoms with Gasteiger partial charge in [-0.25, -0.2) is 4.98 Å². The van der Waals surface area contributed by atoms with Gasteiger partial charge in [0.25, 0.3) is 0 Å². The molecule has 212 valence electrons. The summed E-state index contributed by atoms with van der Waals surface area (Å²) in [6.45, 7) is 8.33. The molecular formula is C30H42N4O4S. The summed E-state index contributed by atoms with van der Waals surface area (Å²) in [6.07, 6.45) is 6.87. The summed E-state index contributed by atoms with van der Waals surface area (Å²) >= 11 is 1.42. The standard InChI is InChI=1S/C30H42N4O4S/c1-19(31-5)27(36)33-25(20-11-7-6-8-12-20)29(37)34-16-10-15-24(34)28-32-23(18-39-28)26(35)21-13-9-14-22(17-21)38-30(2,3)4/h9,13-14,17-20,24-25,31H,6-8,10-12,15-16H2,1-5H3,(H,33,36)/t19-,24?,25-/m0/s1. The number of rotatable bonds is 9. The van der Waals surface area contributed by atoms with Gasteiger partial charge in [0.05, 0.1) is 12.1 Å². The van der Waals surface area contributed by atoms with Crippen molar-refractivity contribution in [3.63, 3.8) is 0 Å². The zero-order valence-electron chi connectivity index (χ0n) is 23.8. The van der Waals surface area contributed by atoms with Gasteiger partial charge in [-0.2, -0.15) is 0 Å². The number of hydrogen-bond acceptors (Lipinski definition) is 7. The lowest BCUT2D eigenvalue weighted by Gasteiger charge is -2.35. The summed E-state index contributed by atoms with van der Waals surface area (Å²) in [5, 5.41) is 8.60. The minimum atomic E-state index is -0.541. The molecule has 1 unspecified atom stereocenters. The van der Waals surface area contributed by atoms with Crippen molar-refractivity contribution in [2.45, 2.75) is 96.4 Å². The van der Waals surface area contributed by atoms with E-state index in [1.165, 1.54) is 17.8 Å². The lowest BCUT2D eigenvalue weighted by atomic mass is 9.83. The number of ether oxygens (including phenoxy) is 1. The maximum absolute atomic E-state index is 14.0. The van der Waals surface area contributed by atoms with E-state index in [2.05, 4.69) is 10.6 Å². The molecule has 3 atom stereocenters. The van der Waals surface area contributed by atoms with Crippen molar-refractivity contribution in [2.75, 3.05) is 13.6 Å². The van der Waals surface area contributed by atoms with E-state index in [9.17, 15) is 14.4 Å². The highest BCUT2D eigenvalue weighted by Gasteiger charge is 2.40. The third-order valence-electron chi connectivity index (χ3n) is 7.61. The number of aromatic nitrogens is 1. The van der Waals surface area contributed by atoms with Crippen LogP contribution in [-0.2, 0) is 9.59 Å². The van der Waals surface area contributed by atoms with Gasteiger partial charge in [0, 0.05) is 17.5 Å². The van der Waals surface area contributed by atoms with Crippen molar-refractivity contribution in [2.24, 2.45) is 5.92 Å². The third kappa shape index (κ3) is 7.25. The molecule has 1 aliphatic heterocycles. The molecule has 1 saturated heterocycles. The SMILES string of the molecule is CN[C@@H](C)C(=O)N[C@H](C(=O)N1CCCC1c1nc(C(=O)c2cccc(OC(C)(C)C)c2)cs1)C1CCCCC1. The Hall–Kier alpha value is -2.78. The van der Waals surface area contributed by atoms with Gasteiger partial charge in [0.1, 0.15) is 28.1 Å². The summed E-state index contributed by atoms with van der Waals surface area (Å²) in [6, 6.07) is 6.07. The van der Waals surface area contributed by atoms with Gasteiger partial charge in [0.15, 0.2) is 0 Å². The molecule has 1 saturated carbocycles. The largest absolute Gasteiger partial charge is 0.488 e. The van der Waals surface area contributed by atoms with Crippen LogP contribution < -0.4 is 15.4 Å². The first-order valence-electron chi connectivity index (χ1n) is 14.1. The lowest BCUT2D eigenvalue weighted by molar-refractivity contribution is -0.139. The predicted octanol–water partition coefficient (Wildman–Crippen LogP) is 4.89. The van der Waals surface area contributed by atoms with Crippen LogP contribution in [0.2, 0.25) is 0 Å². The highest BCUT2D eigenvalue weighted by atomic mass is 32.1. The van der Waals surface area contributed by atoms with Gasteiger partial charge in [-0.05, 0) is 78.5 Å². The van der Waals surface area contributed by atoms with Crippen molar-refractivity contribution < 1.29 is 19.1 Å². The summed E-state index contributed by atoms with van der Waals surface area (Å²) in [5.41, 5.74) is 0.530. The van der Waals surface area contributed by atoms with E-state index < -0.39 is 6.04 Å². The molecule has 2 amide bonds. The van der Waals surface area contributed by atoms with E-state index in [0.29, 0.717) is 23.6 Å². The summed E-state index contributed by atoms with van der Waals surface area (Å²) in [7, 11) is 1.74. The molecule has 2 fully saturated rings. The van der Waals surface area contributed by atoms with E-state index in [4.69, 9.17) is 9.72 Å². The first kappa shape index (κ1) is 29.2. The van der Waals surface area contributed by atoms with Crippen molar-refractivity contribution in [1.29, 1.82) is 0 Å². The number of carbonyl (C=O) groups excluding carboxylic acids is 3. The van der Waals surface area contributed by atoms with E-state index >= 15 is 0 Å². The van der Waals surface area contributed by atoms with Gasteiger partial charge in [-0.15, -0.1) is 11.3 Å². The topological polar surface area (TPSA) is 101 Å². The van der Waals surface area contributed by atoms with Crippen LogP contribution in [0.1, 0.15) is 99.7 Å². The predicted molar refractivity (Wildman–Crippen MR) is 153 cm³/mol. The number of thiazole rings is 1. The molecule has 4 rings (SSSR count). The first-order valence-corrected chi connectivity index (χ1v) is 15.0. The number of nitrogens with zero attached hydrogens (tertiary/aromatic N) is 2. The Morgan fingerprint density at radius 3 is 2.54 bits per heavy atom. The average molecular weight is 555 g/mol. The smallest absolute Gasteiger partial charge is 0.246 e. The van der Waals surface area contributed by atoms with Crippen LogP contribution in [0.25, 0.3) is 0 Å². The second-order valence-corrected chi connectivity index (χ2v) is 12.6. The van der Waals surface area contributed by atoms with Crippen LogP contribution in [0.15, 0.2) is 29.6 Å². The van der Waals surface area contributed by atoms with E-state index in [-0.39, 0.29) is 41.2 Å². The molecule has 2 aromatic rings. The molecule has 2 aliphatic rings. The van der Waals surface area contributed by atoms with Crippen LogP contribution in [0.3, 0.4) is 0 Å². The Morgan fingerprint density at radius 1 is 1.10 bits per heavy atom. The summed E-state index contributed by atoms with van der Waals surface area (Å²) < 4.78 is 5.93. The fourth-order valence-electron chi connectivity index (χ4n) is 5.47. The zero-order chi connectivity index (χ0) is 28.2. The molecule has 1 aliphatic carbocycles. The molecule has 0 radical (unpaired) electrons. The van der Waals surface area contributed by atoms with Crippen molar-refractivity contribution >= 4 is 28.9 Å². The number of nitrogens with one attached hydrogen (secondary N) is 2. The normalized spacial score (nSPS) is 19.9. The number of likely N-dealkylation sites (N-methyl/N-ethyl adjacent to an activating group) is 1. The fourth-order valence-corrected chi connectivity index (χ4v) is 6.42. The molecule has 2 heterocycles. The molecule has 8 nitrogen and oxygen atoms in total. The number of carbonyl (C=O) groups is 3. The lowest BCUT2D eigenvalue weighted by Crippen LogP contribution is -2.55. The Kier molecular flexibility index (Phi) is 9.43. The molecule has 9 heteroatoms. The Labute approximate surface area is 235 Å². The Balaban J connectivity index is 1.52.